The number of likely N-dealkylation sites (N-methyl/N-ethyl adjacent to an activating group) is 1. The lowest BCUT2D eigenvalue weighted by Crippen LogP contribution is -2.27. The van der Waals surface area contributed by atoms with Gasteiger partial charge in [0.05, 0.1) is 19.4 Å². The van der Waals surface area contributed by atoms with Crippen LogP contribution in [-0.4, -0.2) is 37.7 Å². The summed E-state index contributed by atoms with van der Waals surface area (Å²) >= 11 is 0. The molecular formula is C25H31F3N2O2. The first-order valence-corrected chi connectivity index (χ1v) is 11.0. The van der Waals surface area contributed by atoms with Crippen LogP contribution in [-0.2, 0) is 22.5 Å². The molecule has 1 aliphatic carbocycles. The van der Waals surface area contributed by atoms with E-state index in [4.69, 9.17) is 4.74 Å². The van der Waals surface area contributed by atoms with Gasteiger partial charge in [-0.1, -0.05) is 42.5 Å². The Morgan fingerprint density at radius 3 is 2.59 bits per heavy atom. The molecule has 0 aromatic heterocycles. The van der Waals surface area contributed by atoms with Crippen molar-refractivity contribution in [2.45, 2.75) is 44.8 Å². The van der Waals surface area contributed by atoms with Crippen LogP contribution in [0.4, 0.5) is 13.2 Å². The van der Waals surface area contributed by atoms with E-state index in [9.17, 15) is 18.0 Å². The molecule has 3 rings (SSSR count). The Morgan fingerprint density at radius 2 is 1.94 bits per heavy atom. The predicted octanol–water partition coefficient (Wildman–Crippen LogP) is 5.13. The molecule has 4 nitrogen and oxygen atoms in total. The number of allylic oxidation sites excluding steroid dienone is 2. The Balaban J connectivity index is 1.57. The van der Waals surface area contributed by atoms with E-state index in [-0.39, 0.29) is 24.7 Å². The molecule has 0 bridgehead atoms. The smallest absolute Gasteiger partial charge is 0.391 e. The van der Waals surface area contributed by atoms with Crippen molar-refractivity contribution in [3.05, 3.63) is 71.2 Å². The number of benzene rings is 1. The number of rotatable bonds is 7. The molecule has 32 heavy (non-hydrogen) atoms. The first kappa shape index (κ1) is 24.0. The monoisotopic (exact) mass is 448 g/mol. The lowest BCUT2D eigenvalue weighted by molar-refractivity contribution is -0.183. The van der Waals surface area contributed by atoms with Gasteiger partial charge >= 0.3 is 6.18 Å². The van der Waals surface area contributed by atoms with Crippen molar-refractivity contribution in [3.63, 3.8) is 0 Å². The topological polar surface area (TPSA) is 41.6 Å². The van der Waals surface area contributed by atoms with Gasteiger partial charge in [-0.05, 0) is 42.7 Å². The van der Waals surface area contributed by atoms with E-state index in [1.165, 1.54) is 0 Å². The highest BCUT2D eigenvalue weighted by Gasteiger charge is 2.40. The third-order valence-electron chi connectivity index (χ3n) is 6.15. The minimum atomic E-state index is -4.07. The van der Waals surface area contributed by atoms with Gasteiger partial charge in [0.1, 0.15) is 5.76 Å². The molecule has 1 amide bonds. The van der Waals surface area contributed by atoms with Gasteiger partial charge in [-0.15, -0.1) is 0 Å². The predicted molar refractivity (Wildman–Crippen MR) is 118 cm³/mol. The number of amides is 1. The number of methoxy groups -OCH3 is 1. The van der Waals surface area contributed by atoms with E-state index in [2.05, 4.69) is 16.3 Å². The summed E-state index contributed by atoms with van der Waals surface area (Å²) in [5, 5.41) is 2.64. The number of hydrogen-bond acceptors (Lipinski definition) is 3. The summed E-state index contributed by atoms with van der Waals surface area (Å²) in [6.45, 7) is 1.39. The van der Waals surface area contributed by atoms with E-state index in [0.717, 1.165) is 22.5 Å². The number of ether oxygens (including phenoxy) is 1. The molecule has 1 fully saturated rings. The molecular weight excluding hydrogens is 417 g/mol. The number of nitrogens with one attached hydrogen (secondary N) is 1. The van der Waals surface area contributed by atoms with E-state index >= 15 is 0 Å². The summed E-state index contributed by atoms with van der Waals surface area (Å²) < 4.78 is 44.1. The van der Waals surface area contributed by atoms with Gasteiger partial charge in [-0.3, -0.25) is 4.79 Å². The Kier molecular flexibility index (Phi) is 8.04. The van der Waals surface area contributed by atoms with Crippen LogP contribution in [0.5, 0.6) is 0 Å². The zero-order chi connectivity index (χ0) is 23.1. The standard InChI is InChI=1S/C25H31F3N2O2/c1-29-24(31)15-19-4-3-5-20(14-19)16-30-13-12-21(23(17-30)32-2)9-6-18-7-10-22(11-8-18)25(26,27)28/h3-6,9,12,14,17-18,22H,7-8,10-11,13,15-16H2,1-2H3,(H,29,31)/b9-6+/t18-,22-. The fraction of sp³-hybridized carbons (Fsp3) is 0.480. The molecule has 0 saturated heterocycles. The van der Waals surface area contributed by atoms with Crippen molar-refractivity contribution < 1.29 is 22.7 Å². The second kappa shape index (κ2) is 10.7. The lowest BCUT2D eigenvalue weighted by atomic mass is 9.81. The number of halogens is 3. The second-order valence-corrected chi connectivity index (χ2v) is 8.47. The summed E-state index contributed by atoms with van der Waals surface area (Å²) in [6.07, 6.45) is 5.88. The van der Waals surface area contributed by atoms with E-state index < -0.39 is 12.1 Å². The maximum atomic E-state index is 12.9. The van der Waals surface area contributed by atoms with Gasteiger partial charge in [0.2, 0.25) is 5.91 Å². The Labute approximate surface area is 187 Å². The van der Waals surface area contributed by atoms with Crippen LogP contribution < -0.4 is 5.32 Å². The van der Waals surface area contributed by atoms with Crippen molar-refractivity contribution in [1.82, 2.24) is 10.2 Å². The van der Waals surface area contributed by atoms with Gasteiger partial charge in [-0.25, -0.2) is 0 Å². The lowest BCUT2D eigenvalue weighted by Gasteiger charge is -2.28. The van der Waals surface area contributed by atoms with E-state index in [0.29, 0.717) is 32.4 Å². The molecule has 7 heteroatoms. The van der Waals surface area contributed by atoms with Crippen LogP contribution in [0, 0.1) is 11.8 Å². The van der Waals surface area contributed by atoms with Crippen molar-refractivity contribution in [2.24, 2.45) is 11.8 Å². The average Bonchev–Trinajstić information content (AvgIpc) is 2.78. The highest BCUT2D eigenvalue weighted by atomic mass is 19.4. The second-order valence-electron chi connectivity index (χ2n) is 8.47. The van der Waals surface area contributed by atoms with Gasteiger partial charge in [-0.2, -0.15) is 13.2 Å². The van der Waals surface area contributed by atoms with Gasteiger partial charge in [0, 0.05) is 31.9 Å². The molecule has 0 unspecified atom stereocenters. The molecule has 1 heterocycles. The molecule has 0 radical (unpaired) electrons. The Bertz CT molecular complexity index is 881. The molecule has 0 spiro atoms. The van der Waals surface area contributed by atoms with E-state index in [1.807, 2.05) is 42.6 Å². The average molecular weight is 449 g/mol. The molecule has 174 valence electrons. The van der Waals surface area contributed by atoms with Crippen molar-refractivity contribution in [3.8, 4) is 0 Å². The number of nitrogens with zero attached hydrogens (tertiary/aromatic N) is 1. The van der Waals surface area contributed by atoms with Crippen LogP contribution in [0.2, 0.25) is 0 Å². The largest absolute Gasteiger partial charge is 0.495 e. The summed E-state index contributed by atoms with van der Waals surface area (Å²) in [6, 6.07) is 7.96. The zero-order valence-electron chi connectivity index (χ0n) is 18.6. The van der Waals surface area contributed by atoms with Crippen LogP contribution in [0.15, 0.2) is 60.0 Å². The summed E-state index contributed by atoms with van der Waals surface area (Å²) in [5.41, 5.74) is 3.02. The molecule has 1 aromatic rings. The molecule has 1 N–H and O–H groups in total. The summed E-state index contributed by atoms with van der Waals surface area (Å²) in [4.78, 5) is 13.8. The number of carbonyl (C=O) groups excluding carboxylic acids is 1. The first-order valence-electron chi connectivity index (χ1n) is 11.0. The van der Waals surface area contributed by atoms with Gasteiger partial charge < -0.3 is 15.0 Å². The third kappa shape index (κ3) is 6.65. The Morgan fingerprint density at radius 1 is 1.22 bits per heavy atom. The zero-order valence-corrected chi connectivity index (χ0v) is 18.6. The van der Waals surface area contributed by atoms with Crippen LogP contribution in [0.1, 0.15) is 36.8 Å². The fourth-order valence-corrected chi connectivity index (χ4v) is 4.27. The molecule has 1 saturated carbocycles. The van der Waals surface area contributed by atoms with Crippen molar-refractivity contribution in [1.29, 1.82) is 0 Å². The minimum Gasteiger partial charge on any atom is -0.495 e. The molecule has 1 aromatic carbocycles. The van der Waals surface area contributed by atoms with Crippen LogP contribution >= 0.6 is 0 Å². The highest BCUT2D eigenvalue weighted by molar-refractivity contribution is 5.78. The van der Waals surface area contributed by atoms with E-state index in [1.54, 1.807) is 14.2 Å². The normalized spacial score (nSPS) is 21.8. The quantitative estimate of drug-likeness (QED) is 0.629. The molecule has 0 atom stereocenters. The highest BCUT2D eigenvalue weighted by Crippen LogP contribution is 2.40. The maximum absolute atomic E-state index is 12.9. The van der Waals surface area contributed by atoms with Crippen LogP contribution in [0.3, 0.4) is 0 Å². The van der Waals surface area contributed by atoms with Crippen LogP contribution in [0.25, 0.3) is 0 Å². The first-order chi connectivity index (χ1) is 15.3. The van der Waals surface area contributed by atoms with Crippen molar-refractivity contribution >= 4 is 5.91 Å². The summed E-state index contributed by atoms with van der Waals surface area (Å²) in [7, 11) is 3.25. The number of hydrogen-bond donors (Lipinski definition) is 1. The van der Waals surface area contributed by atoms with Gasteiger partial charge in [0.25, 0.3) is 0 Å². The fourth-order valence-electron chi connectivity index (χ4n) is 4.27. The maximum Gasteiger partial charge on any atom is 0.391 e. The van der Waals surface area contributed by atoms with Crippen molar-refractivity contribution in [2.75, 3.05) is 20.7 Å². The SMILES string of the molecule is CNC(=O)Cc1cccc(CN2C=C(OC)C(/C=C/[C@H]3CC[C@H](C(F)(F)F)CC3)=CC2)c1. The number of carbonyl (C=O) groups is 1. The summed E-state index contributed by atoms with van der Waals surface area (Å²) in [5.74, 6) is -0.265. The molecule has 2 aliphatic rings. The van der Waals surface area contributed by atoms with Gasteiger partial charge in [0.15, 0.2) is 0 Å². The molecule has 1 aliphatic heterocycles. The Hall–Kier alpha value is -2.70. The minimum absolute atomic E-state index is 0.0204. The third-order valence-corrected chi connectivity index (χ3v) is 6.15. The number of alkyl halides is 3.